The summed E-state index contributed by atoms with van der Waals surface area (Å²) in [5, 5.41) is 12.2. The average Bonchev–Trinajstić information content (AvgIpc) is 2.74. The van der Waals surface area contributed by atoms with E-state index in [1.54, 1.807) is 24.3 Å². The lowest BCUT2D eigenvalue weighted by atomic mass is 10.1. The monoisotopic (exact) mass is 393 g/mol. The highest BCUT2D eigenvalue weighted by Gasteiger charge is 2.25. The molecule has 0 aliphatic heterocycles. The summed E-state index contributed by atoms with van der Waals surface area (Å²) in [6.45, 7) is 11.5. The minimum Gasteiger partial charge on any atom is -0.479 e. The van der Waals surface area contributed by atoms with E-state index in [9.17, 15) is 10.1 Å². The van der Waals surface area contributed by atoms with Crippen LogP contribution in [0.25, 0.3) is 0 Å². The number of hydrogen-bond donors (Lipinski definition) is 1. The summed E-state index contributed by atoms with van der Waals surface area (Å²) in [5.41, 5.74) is 2.72. The van der Waals surface area contributed by atoms with Crippen molar-refractivity contribution < 1.29 is 9.53 Å². The predicted octanol–water partition coefficient (Wildman–Crippen LogP) is 4.12. The topological polar surface area (TPSA) is 65.4 Å². The molecule has 0 spiro atoms. The first-order chi connectivity index (χ1) is 14.0. The van der Waals surface area contributed by atoms with E-state index in [-0.39, 0.29) is 11.8 Å². The van der Waals surface area contributed by atoms with Gasteiger partial charge in [-0.3, -0.25) is 9.69 Å². The maximum atomic E-state index is 12.8. The third kappa shape index (κ3) is 6.62. The minimum absolute atomic E-state index is 0.0317. The lowest BCUT2D eigenvalue weighted by Gasteiger charge is -2.22. The third-order valence-electron chi connectivity index (χ3n) is 4.88. The minimum atomic E-state index is -0.664. The molecule has 0 fully saturated rings. The largest absolute Gasteiger partial charge is 0.479 e. The molecule has 29 heavy (non-hydrogen) atoms. The van der Waals surface area contributed by atoms with Gasteiger partial charge in [0.15, 0.2) is 6.10 Å². The maximum Gasteiger partial charge on any atom is 0.261 e. The molecule has 0 heterocycles. The highest BCUT2D eigenvalue weighted by molar-refractivity contribution is 5.81. The van der Waals surface area contributed by atoms with Gasteiger partial charge in [-0.15, -0.1) is 0 Å². The number of nitrogens with zero attached hydrogens (tertiary/aromatic N) is 2. The van der Waals surface area contributed by atoms with Gasteiger partial charge >= 0.3 is 0 Å². The van der Waals surface area contributed by atoms with Crippen molar-refractivity contribution in [1.29, 1.82) is 5.26 Å². The van der Waals surface area contributed by atoms with Gasteiger partial charge in [-0.25, -0.2) is 0 Å². The first-order valence-electron chi connectivity index (χ1n) is 10.2. The SMILES string of the molecule is CCN(CC)Cc1cccc(CNC(=O)C(Oc2ccccc2C#N)C(C)C)c1. The van der Waals surface area contributed by atoms with Gasteiger partial charge in [0.1, 0.15) is 11.8 Å². The summed E-state index contributed by atoms with van der Waals surface area (Å²) >= 11 is 0. The van der Waals surface area contributed by atoms with Crippen LogP contribution in [-0.2, 0) is 17.9 Å². The van der Waals surface area contributed by atoms with Crippen LogP contribution in [0.2, 0.25) is 0 Å². The van der Waals surface area contributed by atoms with Crippen LogP contribution >= 0.6 is 0 Å². The van der Waals surface area contributed by atoms with Crippen LogP contribution in [0.1, 0.15) is 44.4 Å². The summed E-state index contributed by atoms with van der Waals surface area (Å²) in [6.07, 6.45) is -0.664. The Labute approximate surface area is 174 Å². The van der Waals surface area contributed by atoms with Crippen molar-refractivity contribution in [1.82, 2.24) is 10.2 Å². The van der Waals surface area contributed by atoms with Crippen molar-refractivity contribution in [3.05, 3.63) is 65.2 Å². The van der Waals surface area contributed by atoms with Crippen molar-refractivity contribution in [2.45, 2.75) is 46.9 Å². The number of nitriles is 1. The number of para-hydroxylation sites is 1. The molecular weight excluding hydrogens is 362 g/mol. The van der Waals surface area contributed by atoms with Crippen LogP contribution in [0.4, 0.5) is 0 Å². The zero-order valence-electron chi connectivity index (χ0n) is 17.8. The number of ether oxygens (including phenoxy) is 1. The Morgan fingerprint density at radius 3 is 2.45 bits per heavy atom. The van der Waals surface area contributed by atoms with Crippen molar-refractivity contribution >= 4 is 5.91 Å². The zero-order chi connectivity index (χ0) is 21.2. The first-order valence-corrected chi connectivity index (χ1v) is 10.2. The molecule has 1 amide bonds. The second-order valence-corrected chi connectivity index (χ2v) is 7.39. The Balaban J connectivity index is 2.03. The highest BCUT2D eigenvalue weighted by atomic mass is 16.5. The van der Waals surface area contributed by atoms with E-state index < -0.39 is 6.10 Å². The number of carbonyl (C=O) groups excluding carboxylic acids is 1. The Morgan fingerprint density at radius 2 is 1.79 bits per heavy atom. The number of hydrogen-bond acceptors (Lipinski definition) is 4. The average molecular weight is 394 g/mol. The molecule has 0 bridgehead atoms. The van der Waals surface area contributed by atoms with E-state index in [4.69, 9.17) is 4.74 Å². The fraction of sp³-hybridized carbons (Fsp3) is 0.417. The Morgan fingerprint density at radius 1 is 1.10 bits per heavy atom. The van der Waals surface area contributed by atoms with Crippen molar-refractivity contribution in [2.75, 3.05) is 13.1 Å². The number of rotatable bonds is 10. The fourth-order valence-electron chi connectivity index (χ4n) is 3.12. The Hall–Kier alpha value is -2.84. The van der Waals surface area contributed by atoms with Crippen molar-refractivity contribution in [3.63, 3.8) is 0 Å². The Kier molecular flexibility index (Phi) is 8.69. The van der Waals surface area contributed by atoms with E-state index in [0.29, 0.717) is 17.9 Å². The molecule has 1 atom stereocenters. The summed E-state index contributed by atoms with van der Waals surface area (Å²) in [6, 6.07) is 17.4. The van der Waals surface area contributed by atoms with Crippen LogP contribution in [0.5, 0.6) is 5.75 Å². The normalized spacial score (nSPS) is 11.9. The molecule has 0 aliphatic rings. The molecule has 2 aromatic rings. The van der Waals surface area contributed by atoms with Crippen LogP contribution in [0.15, 0.2) is 48.5 Å². The first kappa shape index (κ1) is 22.4. The van der Waals surface area contributed by atoms with Crippen LogP contribution in [0, 0.1) is 17.2 Å². The molecule has 1 N–H and O–H groups in total. The zero-order valence-corrected chi connectivity index (χ0v) is 17.8. The molecule has 2 aromatic carbocycles. The highest BCUT2D eigenvalue weighted by Crippen LogP contribution is 2.21. The third-order valence-corrected chi connectivity index (χ3v) is 4.88. The smallest absolute Gasteiger partial charge is 0.261 e. The second-order valence-electron chi connectivity index (χ2n) is 7.39. The summed E-state index contributed by atoms with van der Waals surface area (Å²) < 4.78 is 5.91. The number of amides is 1. The van der Waals surface area contributed by atoms with Gasteiger partial charge in [-0.05, 0) is 42.3 Å². The summed E-state index contributed by atoms with van der Waals surface area (Å²) in [7, 11) is 0. The van der Waals surface area contributed by atoms with Crippen molar-refractivity contribution in [3.8, 4) is 11.8 Å². The quantitative estimate of drug-likeness (QED) is 0.659. The van der Waals surface area contributed by atoms with Gasteiger partial charge in [0, 0.05) is 13.1 Å². The molecular formula is C24H31N3O2. The number of carbonyl (C=O) groups is 1. The molecule has 2 rings (SSSR count). The van der Waals surface area contributed by atoms with Gasteiger partial charge in [0.25, 0.3) is 5.91 Å². The van der Waals surface area contributed by atoms with Gasteiger partial charge < -0.3 is 10.1 Å². The molecule has 154 valence electrons. The lowest BCUT2D eigenvalue weighted by molar-refractivity contribution is -0.130. The van der Waals surface area contributed by atoms with E-state index >= 15 is 0 Å². The molecule has 0 saturated carbocycles. The second kappa shape index (κ2) is 11.2. The van der Waals surface area contributed by atoms with Crippen LogP contribution in [-0.4, -0.2) is 30.0 Å². The molecule has 0 aliphatic carbocycles. The van der Waals surface area contributed by atoms with Gasteiger partial charge in [0.2, 0.25) is 0 Å². The molecule has 5 heteroatoms. The summed E-state index contributed by atoms with van der Waals surface area (Å²) in [4.78, 5) is 15.1. The fourth-order valence-corrected chi connectivity index (χ4v) is 3.12. The molecule has 0 radical (unpaired) electrons. The van der Waals surface area contributed by atoms with E-state index in [0.717, 1.165) is 25.2 Å². The summed E-state index contributed by atoms with van der Waals surface area (Å²) in [5.74, 6) is 0.225. The predicted molar refractivity (Wildman–Crippen MR) is 115 cm³/mol. The standard InChI is InChI=1S/C24H31N3O2/c1-5-27(6-2)17-20-11-9-10-19(14-20)16-26-24(28)23(18(3)4)29-22-13-8-7-12-21(22)15-25/h7-14,18,23H,5-6,16-17H2,1-4H3,(H,26,28). The lowest BCUT2D eigenvalue weighted by Crippen LogP contribution is -2.41. The van der Waals surface area contributed by atoms with E-state index in [1.807, 2.05) is 26.0 Å². The van der Waals surface area contributed by atoms with Crippen molar-refractivity contribution in [2.24, 2.45) is 5.92 Å². The molecule has 0 saturated heterocycles. The van der Waals surface area contributed by atoms with Gasteiger partial charge in [0.05, 0.1) is 5.56 Å². The van der Waals surface area contributed by atoms with E-state index in [2.05, 4.69) is 42.3 Å². The van der Waals surface area contributed by atoms with Crippen LogP contribution < -0.4 is 10.1 Å². The van der Waals surface area contributed by atoms with Crippen LogP contribution in [0.3, 0.4) is 0 Å². The Bertz CT molecular complexity index is 838. The number of nitrogens with one attached hydrogen (secondary N) is 1. The van der Waals surface area contributed by atoms with E-state index in [1.165, 1.54) is 5.56 Å². The number of benzene rings is 2. The molecule has 0 aromatic heterocycles. The van der Waals surface area contributed by atoms with Gasteiger partial charge in [-0.2, -0.15) is 5.26 Å². The molecule has 1 unspecified atom stereocenters. The maximum absolute atomic E-state index is 12.8. The molecule has 5 nitrogen and oxygen atoms in total. The van der Waals surface area contributed by atoms with Gasteiger partial charge in [-0.1, -0.05) is 64.1 Å².